The molecular weight excluding hydrogens is 441 g/mol. The molecule has 7 heteroatoms. The molecule has 176 valence electrons. The maximum Gasteiger partial charge on any atom is 0.416 e. The third-order valence-corrected chi connectivity index (χ3v) is 6.52. The van der Waals surface area contributed by atoms with Crippen LogP contribution in [0.1, 0.15) is 30.0 Å². The van der Waals surface area contributed by atoms with Crippen molar-refractivity contribution in [2.45, 2.75) is 31.4 Å². The lowest BCUT2D eigenvalue weighted by molar-refractivity contribution is -0.137. The van der Waals surface area contributed by atoms with Gasteiger partial charge in [-0.15, -0.1) is 0 Å². The molecule has 0 radical (unpaired) electrons. The zero-order valence-electron chi connectivity index (χ0n) is 19.0. The van der Waals surface area contributed by atoms with E-state index >= 15 is 0 Å². The molecule has 1 atom stereocenters. The first-order valence-corrected chi connectivity index (χ1v) is 11.1. The van der Waals surface area contributed by atoms with Crippen LogP contribution in [0.2, 0.25) is 0 Å². The molecule has 0 bridgehead atoms. The van der Waals surface area contributed by atoms with E-state index in [1.54, 1.807) is 54.4 Å². The molecule has 4 rings (SSSR count). The minimum Gasteiger partial charge on any atom is -0.373 e. The fraction of sp³-hybridized carbons (Fsp3) is 0.259. The average molecular weight is 467 g/mol. The van der Waals surface area contributed by atoms with Crippen LogP contribution in [-0.2, 0) is 27.6 Å². The van der Waals surface area contributed by atoms with Crippen LogP contribution in [0.3, 0.4) is 0 Å². The summed E-state index contributed by atoms with van der Waals surface area (Å²) in [6.45, 7) is 2.38. The van der Waals surface area contributed by atoms with Crippen molar-refractivity contribution in [1.29, 1.82) is 0 Å². The average Bonchev–Trinajstić information content (AvgIpc) is 3.23. The first-order valence-electron chi connectivity index (χ1n) is 11.1. The minimum atomic E-state index is -4.59. The summed E-state index contributed by atoms with van der Waals surface area (Å²) in [5, 5.41) is 0. The third-order valence-electron chi connectivity index (χ3n) is 6.52. The van der Waals surface area contributed by atoms with E-state index in [-0.39, 0.29) is 12.1 Å². The maximum atomic E-state index is 14.3. The van der Waals surface area contributed by atoms with Gasteiger partial charge in [0.25, 0.3) is 0 Å². The van der Waals surface area contributed by atoms with E-state index in [0.29, 0.717) is 36.2 Å². The molecule has 0 aromatic heterocycles. The van der Waals surface area contributed by atoms with Crippen LogP contribution in [0.25, 0.3) is 0 Å². The summed E-state index contributed by atoms with van der Waals surface area (Å²) in [6.07, 6.45) is -3.15. The van der Waals surface area contributed by atoms with E-state index < -0.39 is 23.1 Å². The van der Waals surface area contributed by atoms with Crippen molar-refractivity contribution >= 4 is 29.3 Å². The molecule has 0 saturated carbocycles. The van der Waals surface area contributed by atoms with Crippen molar-refractivity contribution in [3.8, 4) is 0 Å². The highest BCUT2D eigenvalue weighted by Gasteiger charge is 2.48. The number of fused-ring (bicyclic) bond motifs is 1. The zero-order chi connectivity index (χ0) is 24.5. The van der Waals surface area contributed by atoms with Crippen LogP contribution >= 0.6 is 0 Å². The van der Waals surface area contributed by atoms with Crippen molar-refractivity contribution in [2.24, 2.45) is 0 Å². The van der Waals surface area contributed by atoms with Gasteiger partial charge in [0.05, 0.1) is 16.9 Å². The molecule has 0 N–H and O–H groups in total. The molecule has 0 spiro atoms. The van der Waals surface area contributed by atoms with Gasteiger partial charge in [0, 0.05) is 19.3 Å². The summed E-state index contributed by atoms with van der Waals surface area (Å²) < 4.78 is 41.1. The van der Waals surface area contributed by atoms with E-state index in [1.165, 1.54) is 11.0 Å². The summed E-state index contributed by atoms with van der Waals surface area (Å²) in [5.41, 5.74) is 0.0859. The molecule has 1 aliphatic carbocycles. The highest BCUT2D eigenvalue weighted by Crippen LogP contribution is 2.45. The van der Waals surface area contributed by atoms with Crippen LogP contribution in [0.5, 0.6) is 0 Å². The fourth-order valence-corrected chi connectivity index (χ4v) is 4.55. The van der Waals surface area contributed by atoms with Gasteiger partial charge in [0.1, 0.15) is 11.7 Å². The van der Waals surface area contributed by atoms with Crippen LogP contribution in [-0.4, -0.2) is 25.8 Å². The van der Waals surface area contributed by atoms with Gasteiger partial charge in [0.2, 0.25) is 5.91 Å². The standard InChI is InChI=1S/C27H25F3N2O2/c1-3-31(2)23-14-13-20(27(28,29)30)17-24(23)32(21-10-5-4-6-11-21)25(34)26(18-33)16-15-19-9-7-8-12-22(19)26/h4-14,17-18H,3,15-16H2,1-2H3. The van der Waals surface area contributed by atoms with Gasteiger partial charge < -0.3 is 9.69 Å². The van der Waals surface area contributed by atoms with E-state index in [4.69, 9.17) is 0 Å². The van der Waals surface area contributed by atoms with Crippen LogP contribution in [0, 0.1) is 0 Å². The van der Waals surface area contributed by atoms with Crippen molar-refractivity contribution < 1.29 is 22.8 Å². The lowest BCUT2D eigenvalue weighted by Gasteiger charge is -2.34. The van der Waals surface area contributed by atoms with Gasteiger partial charge in [-0.2, -0.15) is 13.2 Å². The topological polar surface area (TPSA) is 40.6 Å². The molecule has 1 aliphatic rings. The van der Waals surface area contributed by atoms with E-state index in [1.807, 2.05) is 19.1 Å². The quantitative estimate of drug-likeness (QED) is 0.335. The number of benzene rings is 3. The molecule has 0 fully saturated rings. The number of amides is 1. The molecule has 3 aromatic rings. The number of aryl methyl sites for hydroxylation is 1. The van der Waals surface area contributed by atoms with Crippen molar-refractivity contribution in [3.05, 3.63) is 89.5 Å². The molecule has 0 heterocycles. The second-order valence-electron chi connectivity index (χ2n) is 8.44. The lowest BCUT2D eigenvalue weighted by Crippen LogP contribution is -2.45. The van der Waals surface area contributed by atoms with Crippen LogP contribution in [0.4, 0.5) is 30.2 Å². The van der Waals surface area contributed by atoms with Gasteiger partial charge in [-0.1, -0.05) is 42.5 Å². The number of aldehydes is 1. The summed E-state index contributed by atoms with van der Waals surface area (Å²) in [6, 6.07) is 19.1. The number of para-hydroxylation sites is 1. The van der Waals surface area contributed by atoms with Gasteiger partial charge in [-0.05, 0) is 61.2 Å². The zero-order valence-corrected chi connectivity index (χ0v) is 19.0. The number of hydrogen-bond donors (Lipinski definition) is 0. The summed E-state index contributed by atoms with van der Waals surface area (Å²) >= 11 is 0. The van der Waals surface area contributed by atoms with E-state index in [0.717, 1.165) is 17.7 Å². The Morgan fingerprint density at radius 3 is 2.32 bits per heavy atom. The van der Waals surface area contributed by atoms with Crippen LogP contribution < -0.4 is 9.80 Å². The summed E-state index contributed by atoms with van der Waals surface area (Å²) in [4.78, 5) is 29.9. The highest BCUT2D eigenvalue weighted by molar-refractivity contribution is 6.16. The number of rotatable bonds is 6. The van der Waals surface area contributed by atoms with Crippen molar-refractivity contribution in [1.82, 2.24) is 0 Å². The Balaban J connectivity index is 1.98. The number of carbonyl (C=O) groups excluding carboxylic acids is 2. The van der Waals surface area contributed by atoms with E-state index in [9.17, 15) is 22.8 Å². The number of carbonyl (C=O) groups is 2. The van der Waals surface area contributed by atoms with E-state index in [2.05, 4.69) is 0 Å². The Morgan fingerprint density at radius 1 is 1.00 bits per heavy atom. The minimum absolute atomic E-state index is 0.0842. The second-order valence-corrected chi connectivity index (χ2v) is 8.44. The Hall–Kier alpha value is -3.61. The number of hydrogen-bond acceptors (Lipinski definition) is 3. The molecule has 0 saturated heterocycles. The van der Waals surface area contributed by atoms with Gasteiger partial charge in [-0.3, -0.25) is 9.69 Å². The third kappa shape index (κ3) is 3.95. The Kier molecular flexibility index (Phi) is 6.21. The largest absolute Gasteiger partial charge is 0.416 e. The number of nitrogens with zero attached hydrogens (tertiary/aromatic N) is 2. The molecular formula is C27H25F3N2O2. The monoisotopic (exact) mass is 466 g/mol. The summed E-state index contributed by atoms with van der Waals surface area (Å²) in [7, 11) is 1.75. The fourth-order valence-electron chi connectivity index (χ4n) is 4.55. The first-order chi connectivity index (χ1) is 16.2. The molecule has 4 nitrogen and oxygen atoms in total. The molecule has 1 amide bonds. The maximum absolute atomic E-state index is 14.3. The van der Waals surface area contributed by atoms with Gasteiger partial charge >= 0.3 is 6.18 Å². The highest BCUT2D eigenvalue weighted by atomic mass is 19.4. The van der Waals surface area contributed by atoms with Crippen molar-refractivity contribution in [3.63, 3.8) is 0 Å². The predicted molar refractivity (Wildman–Crippen MR) is 126 cm³/mol. The second kappa shape index (κ2) is 8.97. The molecule has 34 heavy (non-hydrogen) atoms. The van der Waals surface area contributed by atoms with Gasteiger partial charge in [-0.25, -0.2) is 0 Å². The molecule has 1 unspecified atom stereocenters. The molecule has 3 aromatic carbocycles. The predicted octanol–water partition coefficient (Wildman–Crippen LogP) is 5.91. The first kappa shape index (κ1) is 23.5. The summed E-state index contributed by atoms with van der Waals surface area (Å²) in [5.74, 6) is -0.566. The Morgan fingerprint density at radius 2 is 1.68 bits per heavy atom. The van der Waals surface area contributed by atoms with Gasteiger partial charge in [0.15, 0.2) is 0 Å². The number of halogens is 3. The van der Waals surface area contributed by atoms with Crippen LogP contribution in [0.15, 0.2) is 72.8 Å². The SMILES string of the molecule is CCN(C)c1ccc(C(F)(F)F)cc1N(C(=O)C1(C=O)CCc2ccccc21)c1ccccc1. The Labute approximate surface area is 196 Å². The Bertz CT molecular complexity index is 1210. The number of anilines is 3. The smallest absolute Gasteiger partial charge is 0.373 e. The normalized spacial score (nSPS) is 17.2. The lowest BCUT2D eigenvalue weighted by atomic mass is 9.81. The molecule has 0 aliphatic heterocycles. The number of alkyl halides is 3. The van der Waals surface area contributed by atoms with Crippen molar-refractivity contribution in [2.75, 3.05) is 23.4 Å².